The molecule has 1 aromatic rings. The van der Waals surface area contributed by atoms with Crippen LogP contribution in [0.2, 0.25) is 0 Å². The molecule has 1 unspecified atom stereocenters. The molecule has 3 N–H and O–H groups in total. The maximum Gasteiger partial charge on any atom is 0.193 e. The first-order chi connectivity index (χ1) is 8.76. The number of nitrogens with two attached hydrogens (primary N) is 1. The number of para-hydroxylation sites is 1. The first-order valence-corrected chi connectivity index (χ1v) is 6.91. The van der Waals surface area contributed by atoms with Crippen molar-refractivity contribution in [3.8, 4) is 0 Å². The van der Waals surface area contributed by atoms with Gasteiger partial charge in [0, 0.05) is 5.69 Å². The maximum atomic E-state index is 5.95. The summed E-state index contributed by atoms with van der Waals surface area (Å²) >= 11 is 0. The van der Waals surface area contributed by atoms with Crippen molar-refractivity contribution >= 4 is 11.6 Å². The zero-order valence-corrected chi connectivity index (χ0v) is 11.5. The third kappa shape index (κ3) is 5.71. The summed E-state index contributed by atoms with van der Waals surface area (Å²) in [5, 5.41) is 3.13. The predicted octanol–water partition coefficient (Wildman–Crippen LogP) is 3.77. The molecule has 0 aliphatic heterocycles. The van der Waals surface area contributed by atoms with E-state index in [-0.39, 0.29) is 0 Å². The largest absolute Gasteiger partial charge is 0.370 e. The highest BCUT2D eigenvalue weighted by molar-refractivity contribution is 5.92. The average molecular weight is 247 g/mol. The minimum atomic E-state index is 0.353. The fourth-order valence-corrected chi connectivity index (χ4v) is 1.94. The molecule has 0 amide bonds. The van der Waals surface area contributed by atoms with Gasteiger partial charge in [-0.05, 0) is 25.0 Å². The molecule has 0 saturated carbocycles. The molecular formula is C15H25N3. The summed E-state index contributed by atoms with van der Waals surface area (Å²) in [6, 6.07) is 10.3. The van der Waals surface area contributed by atoms with Gasteiger partial charge in [-0.25, -0.2) is 4.99 Å². The number of rotatable bonds is 7. The Kier molecular flexibility index (Phi) is 6.92. The summed E-state index contributed by atoms with van der Waals surface area (Å²) < 4.78 is 0. The number of nitrogens with one attached hydrogen (secondary N) is 1. The monoisotopic (exact) mass is 247 g/mol. The third-order valence-corrected chi connectivity index (χ3v) is 2.88. The van der Waals surface area contributed by atoms with Crippen LogP contribution in [0.15, 0.2) is 35.3 Å². The molecule has 0 saturated heterocycles. The Balaban J connectivity index is 2.55. The molecule has 0 aromatic heterocycles. The van der Waals surface area contributed by atoms with Gasteiger partial charge in [0.2, 0.25) is 0 Å². The second-order valence-corrected chi connectivity index (χ2v) is 4.59. The van der Waals surface area contributed by atoms with Crippen LogP contribution < -0.4 is 11.1 Å². The van der Waals surface area contributed by atoms with E-state index >= 15 is 0 Å². The summed E-state index contributed by atoms with van der Waals surface area (Å²) in [6.45, 7) is 4.40. The summed E-state index contributed by atoms with van der Waals surface area (Å²) in [5.74, 6) is 0.524. The molecule has 0 aliphatic carbocycles. The van der Waals surface area contributed by atoms with Gasteiger partial charge in [-0.2, -0.15) is 0 Å². The number of nitrogens with zero attached hydrogens (tertiary/aromatic N) is 1. The zero-order valence-electron chi connectivity index (χ0n) is 11.5. The normalized spacial score (nSPS) is 13.3. The Bertz CT molecular complexity index is 346. The van der Waals surface area contributed by atoms with Crippen molar-refractivity contribution in [1.29, 1.82) is 0 Å². The molecule has 1 aromatic carbocycles. The van der Waals surface area contributed by atoms with Crippen molar-refractivity contribution in [3.05, 3.63) is 30.3 Å². The van der Waals surface area contributed by atoms with Crippen LogP contribution >= 0.6 is 0 Å². The van der Waals surface area contributed by atoms with Crippen LogP contribution in [0.1, 0.15) is 46.0 Å². The summed E-state index contributed by atoms with van der Waals surface area (Å²) in [5.41, 5.74) is 6.94. The van der Waals surface area contributed by atoms with Crippen molar-refractivity contribution in [1.82, 2.24) is 0 Å². The third-order valence-electron chi connectivity index (χ3n) is 2.88. The van der Waals surface area contributed by atoms with Gasteiger partial charge in [-0.1, -0.05) is 51.3 Å². The fourth-order valence-electron chi connectivity index (χ4n) is 1.94. The van der Waals surface area contributed by atoms with Gasteiger partial charge in [0.05, 0.1) is 6.04 Å². The molecule has 18 heavy (non-hydrogen) atoms. The zero-order chi connectivity index (χ0) is 13.2. The van der Waals surface area contributed by atoms with E-state index in [1.165, 1.54) is 12.8 Å². The number of aliphatic imine (C=N–C) groups is 1. The van der Waals surface area contributed by atoms with E-state index in [4.69, 9.17) is 5.73 Å². The minimum absolute atomic E-state index is 0.353. The highest BCUT2D eigenvalue weighted by Crippen LogP contribution is 2.11. The standard InChI is InChI=1S/C15H25N3/c1-3-5-10-13(9-4-2)17-15(16)18-14-11-7-6-8-12-14/h6-8,11-13H,3-5,9-10H2,1-2H3,(H3,16,17,18). The lowest BCUT2D eigenvalue weighted by molar-refractivity contribution is 0.537. The molecular weight excluding hydrogens is 222 g/mol. The van der Waals surface area contributed by atoms with Crippen LogP contribution in [-0.2, 0) is 0 Å². The topological polar surface area (TPSA) is 50.4 Å². The summed E-state index contributed by atoms with van der Waals surface area (Å²) in [4.78, 5) is 4.58. The van der Waals surface area contributed by atoms with Gasteiger partial charge in [-0.3, -0.25) is 0 Å². The predicted molar refractivity (Wildman–Crippen MR) is 79.9 cm³/mol. The van der Waals surface area contributed by atoms with E-state index in [1.54, 1.807) is 0 Å². The summed E-state index contributed by atoms with van der Waals surface area (Å²) in [7, 11) is 0. The van der Waals surface area contributed by atoms with E-state index in [1.807, 2.05) is 30.3 Å². The smallest absolute Gasteiger partial charge is 0.193 e. The SMILES string of the molecule is CCCCC(CCC)N=C(N)Nc1ccccc1. The van der Waals surface area contributed by atoms with Crippen LogP contribution in [0.5, 0.6) is 0 Å². The molecule has 3 heteroatoms. The van der Waals surface area contributed by atoms with Gasteiger partial charge < -0.3 is 11.1 Å². The van der Waals surface area contributed by atoms with E-state index in [0.717, 1.165) is 24.9 Å². The highest BCUT2D eigenvalue weighted by atomic mass is 15.1. The average Bonchev–Trinajstić information content (AvgIpc) is 2.37. The molecule has 1 rings (SSSR count). The van der Waals surface area contributed by atoms with Gasteiger partial charge in [0.25, 0.3) is 0 Å². The molecule has 100 valence electrons. The lowest BCUT2D eigenvalue weighted by Crippen LogP contribution is -2.25. The van der Waals surface area contributed by atoms with Crippen LogP contribution in [0.4, 0.5) is 5.69 Å². The van der Waals surface area contributed by atoms with Crippen molar-refractivity contribution in [3.63, 3.8) is 0 Å². The Morgan fingerprint density at radius 1 is 1.17 bits per heavy atom. The molecule has 3 nitrogen and oxygen atoms in total. The molecule has 0 aliphatic rings. The van der Waals surface area contributed by atoms with Gasteiger partial charge in [0.1, 0.15) is 0 Å². The van der Waals surface area contributed by atoms with Crippen LogP contribution in [0, 0.1) is 0 Å². The number of hydrogen-bond donors (Lipinski definition) is 2. The first kappa shape index (κ1) is 14.6. The van der Waals surface area contributed by atoms with Gasteiger partial charge in [0.15, 0.2) is 5.96 Å². The number of guanidine groups is 1. The summed E-state index contributed by atoms with van der Waals surface area (Å²) in [6.07, 6.45) is 5.81. The number of benzene rings is 1. The Hall–Kier alpha value is -1.51. The van der Waals surface area contributed by atoms with E-state index in [0.29, 0.717) is 12.0 Å². The number of unbranched alkanes of at least 4 members (excludes halogenated alkanes) is 1. The van der Waals surface area contributed by atoms with Crippen LogP contribution in [0.3, 0.4) is 0 Å². The van der Waals surface area contributed by atoms with E-state index in [2.05, 4.69) is 24.2 Å². The Labute approximate surface area is 111 Å². The van der Waals surface area contributed by atoms with Crippen molar-refractivity contribution in [2.24, 2.45) is 10.7 Å². The lowest BCUT2D eigenvalue weighted by Gasteiger charge is -2.13. The minimum Gasteiger partial charge on any atom is -0.370 e. The molecule has 0 bridgehead atoms. The highest BCUT2D eigenvalue weighted by Gasteiger charge is 2.06. The Morgan fingerprint density at radius 2 is 1.89 bits per heavy atom. The maximum absolute atomic E-state index is 5.95. The quantitative estimate of drug-likeness (QED) is 0.569. The molecule has 0 fully saturated rings. The first-order valence-electron chi connectivity index (χ1n) is 6.91. The molecule has 0 spiro atoms. The number of anilines is 1. The van der Waals surface area contributed by atoms with Crippen molar-refractivity contribution in [2.45, 2.75) is 52.0 Å². The second-order valence-electron chi connectivity index (χ2n) is 4.59. The lowest BCUT2D eigenvalue weighted by atomic mass is 10.1. The Morgan fingerprint density at radius 3 is 2.50 bits per heavy atom. The molecule has 1 atom stereocenters. The van der Waals surface area contributed by atoms with Gasteiger partial charge >= 0.3 is 0 Å². The van der Waals surface area contributed by atoms with Gasteiger partial charge in [-0.15, -0.1) is 0 Å². The van der Waals surface area contributed by atoms with E-state index in [9.17, 15) is 0 Å². The van der Waals surface area contributed by atoms with Crippen LogP contribution in [0.25, 0.3) is 0 Å². The van der Waals surface area contributed by atoms with Crippen molar-refractivity contribution < 1.29 is 0 Å². The molecule has 0 radical (unpaired) electrons. The fraction of sp³-hybridized carbons (Fsp3) is 0.533. The van der Waals surface area contributed by atoms with Crippen LogP contribution in [-0.4, -0.2) is 12.0 Å². The second kappa shape index (κ2) is 8.56. The van der Waals surface area contributed by atoms with E-state index < -0.39 is 0 Å². The number of hydrogen-bond acceptors (Lipinski definition) is 1. The van der Waals surface area contributed by atoms with Crippen molar-refractivity contribution in [2.75, 3.05) is 5.32 Å². The molecule has 0 heterocycles.